The van der Waals surface area contributed by atoms with Crippen LogP contribution in [0.15, 0.2) is 34.2 Å². The van der Waals surface area contributed by atoms with Gasteiger partial charge in [-0.2, -0.15) is 5.10 Å². The van der Waals surface area contributed by atoms with Gasteiger partial charge in [0.1, 0.15) is 5.03 Å². The first-order chi connectivity index (χ1) is 8.61. The molecule has 3 nitrogen and oxygen atoms in total. The van der Waals surface area contributed by atoms with E-state index in [1.165, 1.54) is 11.8 Å². The van der Waals surface area contributed by atoms with E-state index in [-0.39, 0.29) is 0 Å². The molecule has 5 heteroatoms. The van der Waals surface area contributed by atoms with Gasteiger partial charge < -0.3 is 5.73 Å². The summed E-state index contributed by atoms with van der Waals surface area (Å²) in [6, 6.07) is 7.67. The van der Waals surface area contributed by atoms with Crippen molar-refractivity contribution >= 4 is 23.4 Å². The second-order valence-electron chi connectivity index (χ2n) is 3.96. The molecule has 0 aliphatic heterocycles. The number of nitrogens with two attached hydrogens (primary N) is 1. The Hall–Kier alpha value is -1.10. The number of halogens is 1. The van der Waals surface area contributed by atoms with Crippen LogP contribution in [-0.2, 0) is 6.54 Å². The van der Waals surface area contributed by atoms with E-state index >= 15 is 0 Å². The third-order valence-electron chi connectivity index (χ3n) is 2.76. The summed E-state index contributed by atoms with van der Waals surface area (Å²) < 4.78 is 0. The molecule has 0 bridgehead atoms. The maximum Gasteiger partial charge on any atom is 0.128 e. The van der Waals surface area contributed by atoms with E-state index in [0.29, 0.717) is 11.6 Å². The summed E-state index contributed by atoms with van der Waals surface area (Å²) in [6.07, 6.45) is 0. The Morgan fingerprint density at radius 2 is 2.06 bits per heavy atom. The van der Waals surface area contributed by atoms with Gasteiger partial charge in [0.15, 0.2) is 0 Å². The largest absolute Gasteiger partial charge is 0.326 e. The normalized spacial score (nSPS) is 10.7. The Labute approximate surface area is 116 Å². The molecule has 1 heterocycles. The summed E-state index contributed by atoms with van der Waals surface area (Å²) in [5, 5.41) is 9.94. The first-order valence-electron chi connectivity index (χ1n) is 5.58. The van der Waals surface area contributed by atoms with Crippen molar-refractivity contribution in [3.63, 3.8) is 0 Å². The highest BCUT2D eigenvalue weighted by atomic mass is 35.5. The van der Waals surface area contributed by atoms with Gasteiger partial charge in [-0.3, -0.25) is 0 Å². The smallest absolute Gasteiger partial charge is 0.128 e. The molecule has 0 spiro atoms. The maximum atomic E-state index is 5.97. The van der Waals surface area contributed by atoms with E-state index < -0.39 is 0 Å². The Bertz CT molecular complexity index is 572. The summed E-state index contributed by atoms with van der Waals surface area (Å²) >= 11 is 7.50. The van der Waals surface area contributed by atoms with E-state index in [2.05, 4.69) is 10.2 Å². The highest BCUT2D eigenvalue weighted by molar-refractivity contribution is 7.99. The number of aryl methyl sites for hydroxylation is 1. The molecule has 0 saturated heterocycles. The highest BCUT2D eigenvalue weighted by Crippen LogP contribution is 2.31. The lowest BCUT2D eigenvalue weighted by molar-refractivity contribution is 0.825. The number of aromatic nitrogens is 2. The summed E-state index contributed by atoms with van der Waals surface area (Å²) in [4.78, 5) is 1.04. The zero-order valence-corrected chi connectivity index (χ0v) is 11.8. The first kappa shape index (κ1) is 13.3. The molecule has 2 N–H and O–H groups in total. The number of rotatable bonds is 3. The van der Waals surface area contributed by atoms with Gasteiger partial charge in [-0.15, -0.1) is 5.10 Å². The number of hydrogen-bond donors (Lipinski definition) is 1. The van der Waals surface area contributed by atoms with Crippen LogP contribution in [0.25, 0.3) is 0 Å². The fourth-order valence-corrected chi connectivity index (χ4v) is 2.85. The first-order valence-corrected chi connectivity index (χ1v) is 6.77. The lowest BCUT2D eigenvalue weighted by atomic mass is 10.1. The summed E-state index contributed by atoms with van der Waals surface area (Å²) in [7, 11) is 0. The molecule has 18 heavy (non-hydrogen) atoms. The van der Waals surface area contributed by atoms with Crippen molar-refractivity contribution in [3.05, 3.63) is 46.1 Å². The van der Waals surface area contributed by atoms with Crippen molar-refractivity contribution in [1.29, 1.82) is 0 Å². The van der Waals surface area contributed by atoms with Crippen LogP contribution in [-0.4, -0.2) is 10.2 Å². The van der Waals surface area contributed by atoms with Crippen LogP contribution < -0.4 is 5.73 Å². The maximum absolute atomic E-state index is 5.97. The van der Waals surface area contributed by atoms with Gasteiger partial charge in [-0.1, -0.05) is 29.4 Å². The second-order valence-corrected chi connectivity index (χ2v) is 5.46. The van der Waals surface area contributed by atoms with Crippen molar-refractivity contribution in [2.45, 2.75) is 30.3 Å². The van der Waals surface area contributed by atoms with Crippen molar-refractivity contribution in [2.24, 2.45) is 5.73 Å². The molecule has 1 aromatic heterocycles. The van der Waals surface area contributed by atoms with Crippen molar-refractivity contribution in [2.75, 3.05) is 0 Å². The quantitative estimate of drug-likeness (QED) is 0.936. The number of nitrogens with zero attached hydrogens (tertiary/aromatic N) is 2. The molecular formula is C13H14ClN3S. The van der Waals surface area contributed by atoms with Crippen LogP contribution in [0.3, 0.4) is 0 Å². The van der Waals surface area contributed by atoms with Crippen molar-refractivity contribution in [1.82, 2.24) is 10.2 Å². The minimum atomic E-state index is 0.463. The molecular weight excluding hydrogens is 266 g/mol. The molecule has 2 aromatic rings. The Kier molecular flexibility index (Phi) is 4.22. The fourth-order valence-electron chi connectivity index (χ4n) is 1.60. The Morgan fingerprint density at radius 1 is 1.28 bits per heavy atom. The van der Waals surface area contributed by atoms with Crippen LogP contribution in [0.1, 0.15) is 16.8 Å². The third-order valence-corrected chi connectivity index (χ3v) is 4.01. The van der Waals surface area contributed by atoms with Crippen LogP contribution in [0.4, 0.5) is 0 Å². The van der Waals surface area contributed by atoms with E-state index in [1.807, 2.05) is 38.1 Å². The van der Waals surface area contributed by atoms with Gasteiger partial charge in [-0.25, -0.2) is 0 Å². The minimum Gasteiger partial charge on any atom is -0.326 e. The van der Waals surface area contributed by atoms with Gasteiger partial charge >= 0.3 is 0 Å². The molecule has 1 aromatic carbocycles. The topological polar surface area (TPSA) is 51.8 Å². The molecule has 0 fully saturated rings. The molecule has 0 amide bonds. The van der Waals surface area contributed by atoms with E-state index in [9.17, 15) is 0 Å². The van der Waals surface area contributed by atoms with Gasteiger partial charge in [0.25, 0.3) is 0 Å². The number of benzene rings is 1. The second kappa shape index (κ2) is 5.69. The molecule has 0 unspecified atom stereocenters. The predicted molar refractivity (Wildman–Crippen MR) is 75.0 cm³/mol. The van der Waals surface area contributed by atoms with Crippen LogP contribution in [0.5, 0.6) is 0 Å². The van der Waals surface area contributed by atoms with Gasteiger partial charge in [0.2, 0.25) is 0 Å². The zero-order valence-electron chi connectivity index (χ0n) is 10.3. The number of hydrogen-bond acceptors (Lipinski definition) is 4. The standard InChI is InChI=1S/C13H14ClN3S/c1-8-9(2)16-17-13(12(8)7-15)18-11-5-3-4-10(14)6-11/h3-6H,7,15H2,1-2H3. The predicted octanol–water partition coefficient (Wildman–Crippen LogP) is 3.36. The lowest BCUT2D eigenvalue weighted by Gasteiger charge is -2.10. The molecule has 0 saturated carbocycles. The molecule has 0 radical (unpaired) electrons. The zero-order chi connectivity index (χ0) is 13.1. The monoisotopic (exact) mass is 279 g/mol. The van der Waals surface area contributed by atoms with Crippen molar-refractivity contribution in [3.8, 4) is 0 Å². The molecule has 0 atom stereocenters. The average molecular weight is 280 g/mol. The summed E-state index contributed by atoms with van der Waals surface area (Å²) in [6.45, 7) is 4.43. The van der Waals surface area contributed by atoms with Gasteiger partial charge in [-0.05, 0) is 37.6 Å². The molecule has 94 valence electrons. The van der Waals surface area contributed by atoms with E-state index in [0.717, 1.165) is 26.7 Å². The van der Waals surface area contributed by atoms with Crippen LogP contribution in [0.2, 0.25) is 5.02 Å². The Morgan fingerprint density at radius 3 is 2.72 bits per heavy atom. The highest BCUT2D eigenvalue weighted by Gasteiger charge is 2.11. The summed E-state index contributed by atoms with van der Waals surface area (Å²) in [5.74, 6) is 0. The summed E-state index contributed by atoms with van der Waals surface area (Å²) in [5.41, 5.74) is 8.88. The lowest BCUT2D eigenvalue weighted by Crippen LogP contribution is -2.06. The Balaban J connectivity index is 2.37. The SMILES string of the molecule is Cc1nnc(Sc2cccc(Cl)c2)c(CN)c1C. The van der Waals surface area contributed by atoms with Crippen LogP contribution in [0, 0.1) is 13.8 Å². The average Bonchev–Trinajstić information content (AvgIpc) is 2.34. The minimum absolute atomic E-state index is 0.463. The third kappa shape index (κ3) is 2.83. The molecule has 0 aliphatic rings. The fraction of sp³-hybridized carbons (Fsp3) is 0.231. The van der Waals surface area contributed by atoms with Gasteiger partial charge in [0.05, 0.1) is 5.69 Å². The van der Waals surface area contributed by atoms with Crippen molar-refractivity contribution < 1.29 is 0 Å². The molecule has 0 aliphatic carbocycles. The van der Waals surface area contributed by atoms with E-state index in [1.54, 1.807) is 0 Å². The van der Waals surface area contributed by atoms with Crippen LogP contribution >= 0.6 is 23.4 Å². The van der Waals surface area contributed by atoms with Gasteiger partial charge in [0, 0.05) is 22.0 Å². The van der Waals surface area contributed by atoms with E-state index in [4.69, 9.17) is 17.3 Å². The molecule has 2 rings (SSSR count).